The number of aliphatic hydroxyl groups excluding tert-OH is 26. The zero-order valence-electron chi connectivity index (χ0n) is 63.4. The molecule has 9 aliphatic rings. The molecule has 0 saturated carbocycles. The molecule has 0 bridgehead atoms. The van der Waals surface area contributed by atoms with E-state index in [2.05, 4.69) is 16.0 Å². The second-order valence-corrected chi connectivity index (χ2v) is 29.9. The van der Waals surface area contributed by atoms with E-state index in [1.165, 1.54) is 27.7 Å². The van der Waals surface area contributed by atoms with Gasteiger partial charge in [-0.3, -0.25) is 14.4 Å². The van der Waals surface area contributed by atoms with E-state index in [1.54, 1.807) is 0 Å². The minimum atomic E-state index is -2.56. The van der Waals surface area contributed by atoms with Crippen LogP contribution in [0, 0.1) is 0 Å². The minimum Gasteiger partial charge on any atom is -0.394 e. The first kappa shape index (κ1) is 96.5. The average molecular weight is 1700 g/mol. The fraction of sp³-hybridized carbons (Fsp3) is 0.955. The van der Waals surface area contributed by atoms with Crippen LogP contribution in [-0.4, -0.2) is 497 Å². The number of amides is 3. The first-order chi connectivity index (χ1) is 54.7. The quantitative estimate of drug-likeness (QED) is 0.0306. The summed E-state index contributed by atoms with van der Waals surface area (Å²) in [4.78, 5) is 39.8. The highest BCUT2D eigenvalue weighted by atomic mass is 16.8. The molecule has 29 N–H and O–H groups in total. The van der Waals surface area contributed by atoms with Crippen LogP contribution in [0.4, 0.5) is 0 Å². The summed E-state index contributed by atoms with van der Waals surface area (Å²) in [6, 6.07) is -5.88. The molecular weight excluding hydrogens is 1590 g/mol. The largest absolute Gasteiger partial charge is 0.394 e. The summed E-state index contributed by atoms with van der Waals surface area (Å²) >= 11 is 0. The van der Waals surface area contributed by atoms with Crippen LogP contribution >= 0.6 is 0 Å². The predicted molar refractivity (Wildman–Crippen MR) is 361 cm³/mol. The maximum absolute atomic E-state index is 13.5. The molecule has 9 heterocycles. The van der Waals surface area contributed by atoms with Crippen LogP contribution < -0.4 is 16.0 Å². The maximum Gasteiger partial charge on any atom is 0.217 e. The Hall–Kier alpha value is -3.35. The van der Waals surface area contributed by atoms with Gasteiger partial charge in [-0.15, -0.1) is 0 Å². The smallest absolute Gasteiger partial charge is 0.217 e. The van der Waals surface area contributed by atoms with Crippen LogP contribution in [0.3, 0.4) is 0 Å². The van der Waals surface area contributed by atoms with E-state index in [0.717, 1.165) is 20.8 Å². The Morgan fingerprint density at radius 3 is 0.966 bits per heavy atom. The second kappa shape index (κ2) is 41.9. The van der Waals surface area contributed by atoms with Crippen molar-refractivity contribution in [2.75, 3.05) is 46.2 Å². The number of aliphatic hydroxyl groups is 26. The van der Waals surface area contributed by atoms with Gasteiger partial charge < -0.3 is 234 Å². The average Bonchev–Trinajstić information content (AvgIpc) is 0.757. The summed E-state index contributed by atoms with van der Waals surface area (Å²) in [5.74, 6) is -2.94. The van der Waals surface area contributed by atoms with Crippen molar-refractivity contribution in [3.8, 4) is 0 Å². The SMILES string of the molecule is CC(=O)N[C@H]1[C@H](OC[C@@H](O)[C@H](O)[C@H](O[C@@H]2O[C@H](CO)[C@H](O)[C@H](O[C@@H]3O[C@H](CO)[C@@H](O[C@@H]4O[C@H](CO)[C@H](O)[C@H](O)[C@H]4O[C@@H]4O[C@@H](C)[C@@H](O)[C@@H](O)[C@@H]4O)[C@H](O[C@@H]4O[C@@H](C)[C@@H](O)[C@@H](O)[C@@H]4O)[C@H]3NC(C)=O)[C@H]2O)[C@H](CO)NC(C)=O)O[C@H](CO)[C@@H](O[C@@H]2O[C@H](CO)[C@H](O)[C@H](O)[C@H]2O[C@@H]2O[C@@H](C)[C@@H](O)[C@@H](O)[C@@H]2O)[C@@H]1O[C@@H]1O[C@@H](C)[C@@H](O)[C@@H](O)[C@@H]1O. The molecule has 49 atom stereocenters. The second-order valence-electron chi connectivity index (χ2n) is 29.9. The molecule has 0 aliphatic carbocycles. The van der Waals surface area contributed by atoms with Crippen LogP contribution in [0.15, 0.2) is 0 Å². The Morgan fingerprint density at radius 2 is 0.621 bits per heavy atom. The lowest BCUT2D eigenvalue weighted by Gasteiger charge is -2.52. The first-order valence-corrected chi connectivity index (χ1v) is 37.5. The minimum absolute atomic E-state index is 0.921. The summed E-state index contributed by atoms with van der Waals surface area (Å²) in [6.45, 7) is -0.423. The zero-order valence-corrected chi connectivity index (χ0v) is 63.4. The highest BCUT2D eigenvalue weighted by molar-refractivity contribution is 5.74. The number of hydrogen-bond donors (Lipinski definition) is 29. The fourth-order valence-electron chi connectivity index (χ4n) is 14.9. The molecule has 0 unspecified atom stereocenters. The van der Waals surface area contributed by atoms with Crippen molar-refractivity contribution in [3.05, 3.63) is 0 Å². The Bertz CT molecular complexity index is 3050. The van der Waals surface area contributed by atoms with Crippen molar-refractivity contribution in [2.24, 2.45) is 0 Å². The summed E-state index contributed by atoms with van der Waals surface area (Å²) in [5.41, 5.74) is 0. The summed E-state index contributed by atoms with van der Waals surface area (Å²) in [5, 5.41) is 296. The molecule has 9 fully saturated rings. The lowest BCUT2D eigenvalue weighted by molar-refractivity contribution is -0.399. The van der Waals surface area contributed by atoms with Crippen LogP contribution in [0.2, 0.25) is 0 Å². The molecule has 0 aromatic carbocycles. The molecule has 0 aromatic rings. The van der Waals surface area contributed by atoms with Crippen molar-refractivity contribution in [2.45, 2.75) is 349 Å². The molecule has 0 aromatic heterocycles. The molecule has 116 heavy (non-hydrogen) atoms. The molecule has 674 valence electrons. The number of rotatable bonds is 31. The van der Waals surface area contributed by atoms with Gasteiger partial charge >= 0.3 is 0 Å². The number of carbonyl (C=O) groups excluding carboxylic acids is 3. The molecular formula is C66H113N3O47. The Labute approximate surface area is 659 Å². The van der Waals surface area contributed by atoms with E-state index < -0.39 is 365 Å². The fourth-order valence-corrected chi connectivity index (χ4v) is 14.9. The first-order valence-electron chi connectivity index (χ1n) is 37.5. The van der Waals surface area contributed by atoms with Gasteiger partial charge in [-0.1, -0.05) is 0 Å². The van der Waals surface area contributed by atoms with Gasteiger partial charge in [0.1, 0.15) is 214 Å². The topological polar surface area (TPSA) is 779 Å². The molecule has 9 rings (SSSR count). The van der Waals surface area contributed by atoms with Crippen LogP contribution in [0.5, 0.6) is 0 Å². The third kappa shape index (κ3) is 21.3. The molecule has 3 amide bonds. The number of ether oxygens (including phenoxy) is 18. The Balaban J connectivity index is 1.02. The van der Waals surface area contributed by atoms with Crippen molar-refractivity contribution in [1.29, 1.82) is 0 Å². The van der Waals surface area contributed by atoms with E-state index in [4.69, 9.17) is 85.3 Å². The van der Waals surface area contributed by atoms with Crippen LogP contribution in [0.25, 0.3) is 0 Å². The summed E-state index contributed by atoms with van der Waals surface area (Å²) in [6.07, 6.45) is -92.5. The summed E-state index contributed by atoms with van der Waals surface area (Å²) < 4.78 is 108. The lowest BCUT2D eigenvalue weighted by atomic mass is 9.93. The number of hydrogen-bond acceptors (Lipinski definition) is 47. The molecule has 9 saturated heterocycles. The van der Waals surface area contributed by atoms with Gasteiger partial charge in [0.05, 0.1) is 76.7 Å². The van der Waals surface area contributed by atoms with E-state index in [1.807, 2.05) is 0 Å². The van der Waals surface area contributed by atoms with Gasteiger partial charge in [0.15, 0.2) is 56.6 Å². The Morgan fingerprint density at radius 1 is 0.310 bits per heavy atom. The van der Waals surface area contributed by atoms with Gasteiger partial charge in [0.25, 0.3) is 0 Å². The van der Waals surface area contributed by atoms with Gasteiger partial charge in [-0.25, -0.2) is 0 Å². The number of carbonyl (C=O) groups is 3. The monoisotopic (exact) mass is 1700 g/mol. The molecule has 50 heteroatoms. The maximum atomic E-state index is 13.5. The molecule has 0 radical (unpaired) electrons. The van der Waals surface area contributed by atoms with E-state index in [-0.39, 0.29) is 0 Å². The van der Waals surface area contributed by atoms with Crippen molar-refractivity contribution in [1.82, 2.24) is 16.0 Å². The van der Waals surface area contributed by atoms with Crippen molar-refractivity contribution < 1.29 is 232 Å². The molecule has 50 nitrogen and oxygen atoms in total. The van der Waals surface area contributed by atoms with Gasteiger partial charge in [-0.05, 0) is 27.7 Å². The predicted octanol–water partition coefficient (Wildman–Crippen LogP) is -18.6. The van der Waals surface area contributed by atoms with E-state index >= 15 is 0 Å². The normalized spacial score (nSPS) is 48.9. The molecule has 9 aliphatic heterocycles. The van der Waals surface area contributed by atoms with Gasteiger partial charge in [0.2, 0.25) is 17.7 Å². The highest BCUT2D eigenvalue weighted by Crippen LogP contribution is 2.41. The van der Waals surface area contributed by atoms with Crippen LogP contribution in [-0.2, 0) is 99.6 Å². The zero-order chi connectivity index (χ0) is 85.8. The lowest BCUT2D eigenvalue weighted by Crippen LogP contribution is -2.71. The molecule has 0 spiro atoms. The van der Waals surface area contributed by atoms with Crippen molar-refractivity contribution >= 4 is 17.7 Å². The van der Waals surface area contributed by atoms with E-state index in [0.29, 0.717) is 0 Å². The number of nitrogens with one attached hydrogen (secondary N) is 3. The van der Waals surface area contributed by atoms with Gasteiger partial charge in [-0.2, -0.15) is 0 Å². The van der Waals surface area contributed by atoms with Crippen LogP contribution in [0.1, 0.15) is 48.5 Å². The third-order valence-corrected chi connectivity index (χ3v) is 21.6. The summed E-state index contributed by atoms with van der Waals surface area (Å²) in [7, 11) is 0. The standard InChI is InChI=1S/C66H113N3O47/c1-15-31(80)39(88)45(94)60(100-15)112-53-29(68-20(6)77)58(107-27(12-74)51(53)110-65-56(43(92)36(85)24(9-71)105-65)115-62-47(96)41(90)33(82)17(3)102-62)99-14-23(79)35(84)50(22(8-70)67-19(5)76)109-64-49(98)55(38(87)26(11-73)104-64)114-59-30(69-21(7)78)54(113-61-46(95)40(89)32(81)16(2)101-61)52(28(13-75)108-59)111-66-57(44(93)37(86)25(10-72)106-66)116-63-48(97)42(91)34(83)18(4)103-63/h15-18,22-66,70-75,79-98H,8-14H2,1-7H3,(H,67,76)(H,68,77)(H,69,78)/t15-,16-,17-,18-,22-,23+,24+,25+,26+,27+,28+,29+,30+,31+,32+,33+,34+,35-,36-,37-,38-,39+,40+,41+,42+,43-,44-,45-,46-,47-,48-,49+,50+,51+,52+,53+,54+,55-,56+,57+,58+,59-,60-,61-,62-,63-,64-,65-,66-/m0/s1. The van der Waals surface area contributed by atoms with E-state index in [9.17, 15) is 147 Å². The third-order valence-electron chi connectivity index (χ3n) is 21.6. The Kier molecular flexibility index (Phi) is 34.8. The van der Waals surface area contributed by atoms with Gasteiger partial charge in [0, 0.05) is 20.8 Å². The van der Waals surface area contributed by atoms with Crippen molar-refractivity contribution in [3.63, 3.8) is 0 Å². The highest BCUT2D eigenvalue weighted by Gasteiger charge is 2.62.